The second-order valence-corrected chi connectivity index (χ2v) is 5.30. The van der Waals surface area contributed by atoms with Gasteiger partial charge in [0.1, 0.15) is 0 Å². The summed E-state index contributed by atoms with van der Waals surface area (Å²) in [5.74, 6) is 0. The van der Waals surface area contributed by atoms with Crippen LogP contribution in [0.2, 0.25) is 0 Å². The third-order valence-electron chi connectivity index (χ3n) is 2.66. The highest BCUT2D eigenvalue weighted by Gasteiger charge is 2.13. The number of nitrogens with two attached hydrogens (primary N) is 1. The van der Waals surface area contributed by atoms with Crippen molar-refractivity contribution in [3.63, 3.8) is 0 Å². The number of hydrogen-bond acceptors (Lipinski definition) is 3. The van der Waals surface area contributed by atoms with Crippen LogP contribution < -0.4 is 5.73 Å². The first-order valence-corrected chi connectivity index (χ1v) is 6.53. The van der Waals surface area contributed by atoms with Gasteiger partial charge in [0.2, 0.25) is 0 Å². The first-order valence-electron chi connectivity index (χ1n) is 5.65. The molecule has 1 unspecified atom stereocenters. The SMILES string of the molecule is CCC(N)CN(Cc1cccs1)C(C)C. The third-order valence-corrected chi connectivity index (χ3v) is 3.52. The Morgan fingerprint density at radius 1 is 1.47 bits per heavy atom. The number of hydrogen-bond donors (Lipinski definition) is 1. The van der Waals surface area contributed by atoms with Crippen molar-refractivity contribution in [1.82, 2.24) is 4.90 Å². The Labute approximate surface area is 97.1 Å². The summed E-state index contributed by atoms with van der Waals surface area (Å²) in [5.41, 5.74) is 6.00. The van der Waals surface area contributed by atoms with Crippen LogP contribution in [0.15, 0.2) is 17.5 Å². The summed E-state index contributed by atoms with van der Waals surface area (Å²) in [6, 6.07) is 5.16. The average molecular weight is 226 g/mol. The molecule has 0 saturated heterocycles. The van der Waals surface area contributed by atoms with Crippen LogP contribution in [0.3, 0.4) is 0 Å². The highest BCUT2D eigenvalue weighted by Crippen LogP contribution is 2.14. The van der Waals surface area contributed by atoms with Crippen molar-refractivity contribution in [2.24, 2.45) is 5.73 Å². The zero-order valence-corrected chi connectivity index (χ0v) is 10.8. The minimum Gasteiger partial charge on any atom is -0.327 e. The van der Waals surface area contributed by atoms with E-state index in [-0.39, 0.29) is 0 Å². The van der Waals surface area contributed by atoms with Crippen molar-refractivity contribution >= 4 is 11.3 Å². The summed E-state index contributed by atoms with van der Waals surface area (Å²) in [5, 5.41) is 2.13. The van der Waals surface area contributed by atoms with Gasteiger partial charge in [-0.05, 0) is 31.7 Å². The Hall–Kier alpha value is -0.380. The van der Waals surface area contributed by atoms with Gasteiger partial charge in [0.05, 0.1) is 0 Å². The number of thiophene rings is 1. The Morgan fingerprint density at radius 2 is 2.20 bits per heavy atom. The predicted molar refractivity (Wildman–Crippen MR) is 68.1 cm³/mol. The monoisotopic (exact) mass is 226 g/mol. The van der Waals surface area contributed by atoms with Crippen molar-refractivity contribution < 1.29 is 0 Å². The maximum Gasteiger partial charge on any atom is 0.0331 e. The predicted octanol–water partition coefficient (Wildman–Crippen LogP) is 2.70. The molecule has 86 valence electrons. The van der Waals surface area contributed by atoms with Gasteiger partial charge in [-0.3, -0.25) is 4.90 Å². The second-order valence-electron chi connectivity index (χ2n) is 4.27. The van der Waals surface area contributed by atoms with Gasteiger partial charge in [0.15, 0.2) is 0 Å². The minimum atomic E-state index is 0.298. The van der Waals surface area contributed by atoms with Crippen molar-refractivity contribution in [3.05, 3.63) is 22.4 Å². The van der Waals surface area contributed by atoms with Gasteiger partial charge in [0, 0.05) is 30.1 Å². The van der Waals surface area contributed by atoms with E-state index >= 15 is 0 Å². The van der Waals surface area contributed by atoms with E-state index in [1.807, 2.05) is 11.3 Å². The molecule has 0 aromatic carbocycles. The molecule has 0 aliphatic rings. The molecule has 2 N–H and O–H groups in total. The molecule has 0 radical (unpaired) electrons. The lowest BCUT2D eigenvalue weighted by molar-refractivity contribution is 0.200. The Morgan fingerprint density at radius 3 is 2.67 bits per heavy atom. The average Bonchev–Trinajstić information content (AvgIpc) is 2.69. The van der Waals surface area contributed by atoms with Crippen LogP contribution in [0.25, 0.3) is 0 Å². The molecule has 0 fully saturated rings. The van der Waals surface area contributed by atoms with Gasteiger partial charge in [0.25, 0.3) is 0 Å². The molecule has 0 aliphatic heterocycles. The summed E-state index contributed by atoms with van der Waals surface area (Å²) in [7, 11) is 0. The Bertz CT molecular complexity index is 257. The fourth-order valence-electron chi connectivity index (χ4n) is 1.49. The van der Waals surface area contributed by atoms with Crippen LogP contribution in [0, 0.1) is 0 Å². The fraction of sp³-hybridized carbons (Fsp3) is 0.667. The lowest BCUT2D eigenvalue weighted by Crippen LogP contribution is -2.40. The molecular weight excluding hydrogens is 204 g/mol. The molecule has 0 bridgehead atoms. The standard InChI is InChI=1S/C12H22N2S/c1-4-11(13)8-14(10(2)3)9-12-6-5-7-15-12/h5-7,10-11H,4,8-9,13H2,1-3H3. The first-order chi connectivity index (χ1) is 7.13. The molecule has 15 heavy (non-hydrogen) atoms. The molecule has 0 spiro atoms. The topological polar surface area (TPSA) is 29.3 Å². The van der Waals surface area contributed by atoms with Crippen LogP contribution >= 0.6 is 11.3 Å². The molecule has 2 nitrogen and oxygen atoms in total. The molecule has 1 aromatic rings. The largest absolute Gasteiger partial charge is 0.327 e. The minimum absolute atomic E-state index is 0.298. The van der Waals surface area contributed by atoms with E-state index in [9.17, 15) is 0 Å². The summed E-state index contributed by atoms with van der Waals surface area (Å²) in [6.07, 6.45) is 1.05. The highest BCUT2D eigenvalue weighted by molar-refractivity contribution is 7.09. The van der Waals surface area contributed by atoms with Crippen molar-refractivity contribution in [1.29, 1.82) is 0 Å². The maximum absolute atomic E-state index is 6.00. The summed E-state index contributed by atoms with van der Waals surface area (Å²) in [4.78, 5) is 3.87. The highest BCUT2D eigenvalue weighted by atomic mass is 32.1. The molecule has 1 heterocycles. The lowest BCUT2D eigenvalue weighted by atomic mass is 10.2. The van der Waals surface area contributed by atoms with Gasteiger partial charge >= 0.3 is 0 Å². The third kappa shape index (κ3) is 4.33. The van der Waals surface area contributed by atoms with E-state index in [1.165, 1.54) is 4.88 Å². The molecular formula is C12H22N2S. The van der Waals surface area contributed by atoms with Crippen LogP contribution in [-0.2, 0) is 6.54 Å². The van der Waals surface area contributed by atoms with E-state index in [0.717, 1.165) is 19.5 Å². The quantitative estimate of drug-likeness (QED) is 0.808. The van der Waals surface area contributed by atoms with Crippen LogP contribution in [0.1, 0.15) is 32.1 Å². The molecule has 1 aromatic heterocycles. The normalized spacial score (nSPS) is 13.7. The molecule has 0 amide bonds. The molecule has 1 rings (SSSR count). The van der Waals surface area contributed by atoms with E-state index < -0.39 is 0 Å². The Balaban J connectivity index is 2.51. The molecule has 3 heteroatoms. The Kier molecular flexibility index (Phi) is 5.29. The van der Waals surface area contributed by atoms with Gasteiger partial charge < -0.3 is 5.73 Å². The van der Waals surface area contributed by atoms with Crippen molar-refractivity contribution in [2.75, 3.05) is 6.54 Å². The first kappa shape index (κ1) is 12.7. The summed E-state index contributed by atoms with van der Waals surface area (Å²) < 4.78 is 0. The fourth-order valence-corrected chi connectivity index (χ4v) is 2.22. The maximum atomic E-state index is 6.00. The van der Waals surface area contributed by atoms with Gasteiger partial charge in [-0.1, -0.05) is 13.0 Å². The van der Waals surface area contributed by atoms with Crippen LogP contribution in [0.4, 0.5) is 0 Å². The second kappa shape index (κ2) is 6.26. The van der Waals surface area contributed by atoms with Crippen LogP contribution in [-0.4, -0.2) is 23.5 Å². The number of nitrogens with zero attached hydrogens (tertiary/aromatic N) is 1. The zero-order chi connectivity index (χ0) is 11.3. The molecule has 1 atom stereocenters. The van der Waals surface area contributed by atoms with E-state index in [4.69, 9.17) is 5.73 Å². The van der Waals surface area contributed by atoms with E-state index in [2.05, 4.69) is 43.2 Å². The molecule has 0 saturated carbocycles. The lowest BCUT2D eigenvalue weighted by Gasteiger charge is -2.28. The molecule has 0 aliphatic carbocycles. The van der Waals surface area contributed by atoms with E-state index in [0.29, 0.717) is 12.1 Å². The van der Waals surface area contributed by atoms with Gasteiger partial charge in [-0.15, -0.1) is 11.3 Å². The van der Waals surface area contributed by atoms with E-state index in [1.54, 1.807) is 0 Å². The summed E-state index contributed by atoms with van der Waals surface area (Å²) >= 11 is 1.82. The smallest absolute Gasteiger partial charge is 0.0331 e. The zero-order valence-electron chi connectivity index (χ0n) is 9.94. The van der Waals surface area contributed by atoms with Crippen molar-refractivity contribution in [3.8, 4) is 0 Å². The van der Waals surface area contributed by atoms with Gasteiger partial charge in [-0.25, -0.2) is 0 Å². The van der Waals surface area contributed by atoms with Crippen LogP contribution in [0.5, 0.6) is 0 Å². The number of rotatable bonds is 6. The van der Waals surface area contributed by atoms with Gasteiger partial charge in [-0.2, -0.15) is 0 Å². The summed E-state index contributed by atoms with van der Waals surface area (Å²) in [6.45, 7) is 8.63. The van der Waals surface area contributed by atoms with Crippen molar-refractivity contribution in [2.45, 2.75) is 45.8 Å².